The highest BCUT2D eigenvalue weighted by atomic mass is 16.4. The van der Waals surface area contributed by atoms with Crippen molar-refractivity contribution in [3.05, 3.63) is 35.4 Å². The molecule has 0 spiro atoms. The van der Waals surface area contributed by atoms with Crippen LogP contribution in [-0.2, 0) is 24.7 Å². The fraction of sp³-hybridized carbons (Fsp3) is 0.455. The summed E-state index contributed by atoms with van der Waals surface area (Å²) in [5.41, 5.74) is -0.400. The van der Waals surface area contributed by atoms with E-state index in [1.807, 2.05) is 6.92 Å². The summed E-state index contributed by atoms with van der Waals surface area (Å²) < 4.78 is 0. The highest BCUT2D eigenvalue weighted by Crippen LogP contribution is 2.30. The summed E-state index contributed by atoms with van der Waals surface area (Å²) in [6.07, 6.45) is 3.83. The van der Waals surface area contributed by atoms with Gasteiger partial charge >= 0.3 is 12.0 Å². The number of carbonyl (C=O) groups is 5. The third-order valence-electron chi connectivity index (χ3n) is 5.48. The summed E-state index contributed by atoms with van der Waals surface area (Å²) in [6.45, 7) is 3.93. The Morgan fingerprint density at radius 3 is 2.44 bits per heavy atom. The summed E-state index contributed by atoms with van der Waals surface area (Å²) in [7, 11) is 0. The van der Waals surface area contributed by atoms with Gasteiger partial charge in [0.15, 0.2) is 0 Å². The van der Waals surface area contributed by atoms with Crippen molar-refractivity contribution in [1.82, 2.24) is 20.7 Å². The minimum atomic E-state index is -1.51. The third kappa shape index (κ3) is 5.88. The second-order valence-electron chi connectivity index (χ2n) is 8.09. The SMILES string of the molecule is CCCCCC(=O)N[C@H](CN(C(C)=O)N1C(=O)N[C@](C)(c2ccc(C=NN)cc2)C1=O)C(=O)O. The second-order valence-corrected chi connectivity index (χ2v) is 8.09. The number of hydrogen-bond acceptors (Lipinski definition) is 7. The van der Waals surface area contributed by atoms with E-state index < -0.39 is 47.8 Å². The van der Waals surface area contributed by atoms with E-state index in [9.17, 15) is 29.1 Å². The van der Waals surface area contributed by atoms with Gasteiger partial charge in [0.05, 0.1) is 12.8 Å². The van der Waals surface area contributed by atoms with E-state index in [0.29, 0.717) is 22.6 Å². The number of nitrogens with zero attached hydrogens (tertiary/aromatic N) is 3. The van der Waals surface area contributed by atoms with Crippen LogP contribution in [-0.4, -0.2) is 63.6 Å². The lowest BCUT2D eigenvalue weighted by Gasteiger charge is -2.31. The summed E-state index contributed by atoms with van der Waals surface area (Å²) >= 11 is 0. The lowest BCUT2D eigenvalue weighted by Crippen LogP contribution is -2.57. The van der Waals surface area contributed by atoms with Crippen molar-refractivity contribution < 1.29 is 29.1 Å². The molecule has 1 fully saturated rings. The van der Waals surface area contributed by atoms with Gasteiger partial charge < -0.3 is 21.6 Å². The summed E-state index contributed by atoms with van der Waals surface area (Å²) in [5, 5.41) is 19.2. The fourth-order valence-electron chi connectivity index (χ4n) is 3.54. The fourth-order valence-corrected chi connectivity index (χ4v) is 3.54. The summed E-state index contributed by atoms with van der Waals surface area (Å²) in [4.78, 5) is 62.3. The van der Waals surface area contributed by atoms with Gasteiger partial charge in [-0.15, -0.1) is 0 Å². The van der Waals surface area contributed by atoms with Crippen molar-refractivity contribution in [3.8, 4) is 0 Å². The van der Waals surface area contributed by atoms with E-state index in [2.05, 4.69) is 15.7 Å². The minimum absolute atomic E-state index is 0.129. The number of aliphatic carboxylic acids is 1. The molecule has 12 heteroatoms. The van der Waals surface area contributed by atoms with Crippen molar-refractivity contribution >= 4 is 35.9 Å². The number of hydrazine groups is 1. The number of nitrogens with two attached hydrogens (primary N) is 1. The van der Waals surface area contributed by atoms with Crippen LogP contribution >= 0.6 is 0 Å². The molecule has 0 aliphatic carbocycles. The minimum Gasteiger partial charge on any atom is -0.480 e. The van der Waals surface area contributed by atoms with E-state index in [0.717, 1.165) is 24.8 Å². The lowest BCUT2D eigenvalue weighted by atomic mass is 9.91. The maximum absolute atomic E-state index is 13.3. The largest absolute Gasteiger partial charge is 0.480 e. The van der Waals surface area contributed by atoms with Gasteiger partial charge in [-0.1, -0.05) is 44.0 Å². The standard InChI is InChI=1S/C22H30N6O6/c1-4-5-6-7-18(30)25-17(19(31)32)13-27(14(2)29)28-20(33)22(3,26-21(28)34)16-10-8-15(9-11-16)12-24-23/h8-12,17H,4-7,13,23H2,1-3H3,(H,25,30)(H,26,34)(H,31,32)/t17-,22-/m1/s1. The average molecular weight is 475 g/mol. The predicted molar refractivity (Wildman–Crippen MR) is 122 cm³/mol. The van der Waals surface area contributed by atoms with Gasteiger partial charge in [-0.2, -0.15) is 10.1 Å². The second kappa shape index (κ2) is 11.3. The van der Waals surface area contributed by atoms with E-state index in [-0.39, 0.29) is 6.42 Å². The van der Waals surface area contributed by atoms with Gasteiger partial charge in [-0.05, 0) is 24.5 Å². The number of unbranched alkanes of at least 4 members (excludes halogenated alkanes) is 2. The van der Waals surface area contributed by atoms with Gasteiger partial charge in [-0.3, -0.25) is 14.4 Å². The van der Waals surface area contributed by atoms with Gasteiger partial charge in [0, 0.05) is 13.3 Å². The third-order valence-corrected chi connectivity index (χ3v) is 5.48. The maximum Gasteiger partial charge on any atom is 0.344 e. The van der Waals surface area contributed by atoms with Gasteiger partial charge in [0.25, 0.3) is 5.91 Å². The van der Waals surface area contributed by atoms with Crippen molar-refractivity contribution in [3.63, 3.8) is 0 Å². The Hall–Kier alpha value is -3.96. The average Bonchev–Trinajstić information content (AvgIpc) is 3.00. The highest BCUT2D eigenvalue weighted by Gasteiger charge is 2.52. The number of benzene rings is 1. The molecule has 184 valence electrons. The first kappa shape index (κ1) is 26.3. The van der Waals surface area contributed by atoms with E-state index in [4.69, 9.17) is 5.84 Å². The molecule has 1 aliphatic rings. The number of amides is 5. The Morgan fingerprint density at radius 1 is 1.26 bits per heavy atom. The first-order valence-corrected chi connectivity index (χ1v) is 10.9. The zero-order chi connectivity index (χ0) is 25.5. The normalized spacial score (nSPS) is 18.6. The first-order chi connectivity index (χ1) is 16.0. The molecule has 5 amide bonds. The van der Waals surface area contributed by atoms with Crippen LogP contribution in [0, 0.1) is 0 Å². The van der Waals surface area contributed by atoms with Crippen molar-refractivity contribution in [2.75, 3.05) is 6.54 Å². The number of carbonyl (C=O) groups excluding carboxylic acids is 4. The molecule has 0 aromatic heterocycles. The van der Waals surface area contributed by atoms with Gasteiger partial charge in [-0.25, -0.2) is 14.6 Å². The molecule has 1 heterocycles. The number of hydrogen-bond donors (Lipinski definition) is 4. The van der Waals surface area contributed by atoms with E-state index in [1.165, 1.54) is 13.1 Å². The number of urea groups is 1. The molecule has 34 heavy (non-hydrogen) atoms. The molecule has 5 N–H and O–H groups in total. The van der Waals surface area contributed by atoms with Crippen LogP contribution in [0.1, 0.15) is 57.6 Å². The number of nitrogens with one attached hydrogen (secondary N) is 2. The van der Waals surface area contributed by atoms with Crippen molar-refractivity contribution in [2.24, 2.45) is 10.9 Å². The topological polar surface area (TPSA) is 174 Å². The molecule has 1 aliphatic heterocycles. The van der Waals surface area contributed by atoms with Crippen LogP contribution in [0.2, 0.25) is 0 Å². The van der Waals surface area contributed by atoms with Crippen LogP contribution in [0.25, 0.3) is 0 Å². The molecule has 0 bridgehead atoms. The molecule has 0 unspecified atom stereocenters. The number of carboxylic acids is 1. The molecule has 2 atom stereocenters. The number of hydrazone groups is 1. The van der Waals surface area contributed by atoms with Crippen LogP contribution in [0.5, 0.6) is 0 Å². The molecular formula is C22H30N6O6. The van der Waals surface area contributed by atoms with E-state index >= 15 is 0 Å². The molecule has 1 aromatic rings. The Morgan fingerprint density at radius 2 is 1.91 bits per heavy atom. The molecule has 12 nitrogen and oxygen atoms in total. The smallest absolute Gasteiger partial charge is 0.344 e. The number of imide groups is 1. The van der Waals surface area contributed by atoms with Crippen molar-refractivity contribution in [2.45, 2.75) is 58.0 Å². The molecule has 1 aromatic carbocycles. The zero-order valence-electron chi connectivity index (χ0n) is 19.4. The van der Waals surface area contributed by atoms with Crippen LogP contribution < -0.4 is 16.5 Å². The molecular weight excluding hydrogens is 444 g/mol. The van der Waals surface area contributed by atoms with Crippen molar-refractivity contribution in [1.29, 1.82) is 0 Å². The summed E-state index contributed by atoms with van der Waals surface area (Å²) in [6, 6.07) is 4.10. The number of carboxylic acid groups (broad SMARTS) is 1. The predicted octanol–water partition coefficient (Wildman–Crippen LogP) is 0.659. The summed E-state index contributed by atoms with van der Waals surface area (Å²) in [5.74, 6) is 1.73. The number of rotatable bonds is 11. The molecule has 0 saturated carbocycles. The lowest BCUT2D eigenvalue weighted by molar-refractivity contribution is -0.158. The van der Waals surface area contributed by atoms with Gasteiger partial charge in [0.1, 0.15) is 11.6 Å². The Labute approximate surface area is 197 Å². The highest BCUT2D eigenvalue weighted by molar-refractivity contribution is 6.08. The molecule has 1 saturated heterocycles. The zero-order valence-corrected chi connectivity index (χ0v) is 19.4. The quantitative estimate of drug-likeness (QED) is 0.120. The first-order valence-electron chi connectivity index (χ1n) is 10.9. The van der Waals surface area contributed by atoms with E-state index in [1.54, 1.807) is 24.3 Å². The monoisotopic (exact) mass is 474 g/mol. The Balaban J connectivity index is 2.26. The Bertz CT molecular complexity index is 979. The van der Waals surface area contributed by atoms with Crippen LogP contribution in [0.4, 0.5) is 4.79 Å². The molecule has 0 radical (unpaired) electrons. The van der Waals surface area contributed by atoms with Gasteiger partial charge in [0.2, 0.25) is 11.8 Å². The van der Waals surface area contributed by atoms with Crippen LogP contribution in [0.3, 0.4) is 0 Å². The maximum atomic E-state index is 13.3. The molecule has 2 rings (SSSR count). The Kier molecular flexibility index (Phi) is 8.70. The van der Waals surface area contributed by atoms with Crippen LogP contribution in [0.15, 0.2) is 29.4 Å².